The predicted molar refractivity (Wildman–Crippen MR) is 67.8 cm³/mol. The Morgan fingerprint density at radius 2 is 2.53 bits per heavy atom. The van der Waals surface area contributed by atoms with Crippen LogP contribution in [0.5, 0.6) is 0 Å². The van der Waals surface area contributed by atoms with Crippen molar-refractivity contribution in [3.8, 4) is 0 Å². The molecule has 1 aromatic rings. The third-order valence-electron chi connectivity index (χ3n) is 2.39. The zero-order valence-corrected chi connectivity index (χ0v) is 10.4. The molecule has 0 aromatic carbocycles. The summed E-state index contributed by atoms with van der Waals surface area (Å²) in [6, 6.07) is 2.00. The number of rotatable bonds is 4. The van der Waals surface area contributed by atoms with Crippen LogP contribution in [0.25, 0.3) is 0 Å². The number of anilines is 1. The van der Waals surface area contributed by atoms with Crippen LogP contribution in [0.2, 0.25) is 0 Å². The predicted octanol–water partition coefficient (Wildman–Crippen LogP) is 2.51. The molecule has 1 aliphatic heterocycles. The molecule has 0 saturated carbocycles. The summed E-state index contributed by atoms with van der Waals surface area (Å²) in [5.74, 6) is 2.26. The van der Waals surface area contributed by atoms with Crippen molar-refractivity contribution in [2.45, 2.75) is 23.1 Å². The molecule has 5 heteroatoms. The van der Waals surface area contributed by atoms with Crippen molar-refractivity contribution in [3.63, 3.8) is 0 Å². The van der Waals surface area contributed by atoms with Crippen molar-refractivity contribution >= 4 is 29.3 Å². The highest BCUT2D eigenvalue weighted by molar-refractivity contribution is 8.00. The highest BCUT2D eigenvalue weighted by atomic mass is 32.2. The van der Waals surface area contributed by atoms with Gasteiger partial charge in [-0.2, -0.15) is 11.8 Å². The van der Waals surface area contributed by atoms with Crippen molar-refractivity contribution in [1.82, 2.24) is 9.97 Å². The van der Waals surface area contributed by atoms with Gasteiger partial charge in [0.2, 0.25) is 0 Å². The van der Waals surface area contributed by atoms with Crippen molar-refractivity contribution in [1.29, 1.82) is 0 Å². The van der Waals surface area contributed by atoms with Crippen molar-refractivity contribution < 1.29 is 0 Å². The molecule has 82 valence electrons. The van der Waals surface area contributed by atoms with Gasteiger partial charge in [-0.05, 0) is 24.9 Å². The van der Waals surface area contributed by atoms with E-state index in [4.69, 9.17) is 0 Å². The Kier molecular flexibility index (Phi) is 4.14. The molecule has 15 heavy (non-hydrogen) atoms. The van der Waals surface area contributed by atoms with E-state index in [2.05, 4.69) is 27.0 Å². The SMILES string of the molecule is CSc1cc(NCC2CCCS2)ncn1. The van der Waals surface area contributed by atoms with Gasteiger partial charge >= 0.3 is 0 Å². The largest absolute Gasteiger partial charge is 0.369 e. The summed E-state index contributed by atoms with van der Waals surface area (Å²) in [6.07, 6.45) is 6.34. The molecule has 0 bridgehead atoms. The van der Waals surface area contributed by atoms with Crippen LogP contribution in [-0.4, -0.2) is 33.8 Å². The summed E-state index contributed by atoms with van der Waals surface area (Å²) in [4.78, 5) is 8.35. The minimum absolute atomic E-state index is 0.762. The maximum absolute atomic E-state index is 4.20. The molecule has 1 fully saturated rings. The molecule has 0 amide bonds. The van der Waals surface area contributed by atoms with Crippen LogP contribution in [0.1, 0.15) is 12.8 Å². The van der Waals surface area contributed by atoms with E-state index in [1.54, 1.807) is 18.1 Å². The van der Waals surface area contributed by atoms with Crippen LogP contribution in [0.3, 0.4) is 0 Å². The second-order valence-electron chi connectivity index (χ2n) is 3.46. The highest BCUT2D eigenvalue weighted by Crippen LogP contribution is 2.26. The molecule has 0 aliphatic carbocycles. The van der Waals surface area contributed by atoms with Crippen LogP contribution < -0.4 is 5.32 Å². The first-order valence-electron chi connectivity index (χ1n) is 5.10. The average Bonchev–Trinajstić information content (AvgIpc) is 2.79. The fourth-order valence-electron chi connectivity index (χ4n) is 1.57. The molecule has 0 spiro atoms. The maximum atomic E-state index is 4.20. The van der Waals surface area contributed by atoms with Crippen LogP contribution in [0, 0.1) is 0 Å². The lowest BCUT2D eigenvalue weighted by Gasteiger charge is -2.10. The lowest BCUT2D eigenvalue weighted by molar-refractivity contribution is 0.802. The Morgan fingerprint density at radius 3 is 3.27 bits per heavy atom. The first-order chi connectivity index (χ1) is 7.38. The van der Waals surface area contributed by atoms with E-state index >= 15 is 0 Å². The van der Waals surface area contributed by atoms with Gasteiger partial charge in [-0.3, -0.25) is 0 Å². The lowest BCUT2D eigenvalue weighted by Crippen LogP contribution is -2.14. The molecular weight excluding hydrogens is 226 g/mol. The molecule has 2 heterocycles. The zero-order valence-electron chi connectivity index (χ0n) is 8.77. The first-order valence-corrected chi connectivity index (χ1v) is 7.37. The summed E-state index contributed by atoms with van der Waals surface area (Å²) < 4.78 is 0. The number of hydrogen-bond acceptors (Lipinski definition) is 5. The molecule has 1 aromatic heterocycles. The molecule has 1 atom stereocenters. The summed E-state index contributed by atoms with van der Waals surface area (Å²) >= 11 is 3.71. The molecule has 1 aliphatic rings. The lowest BCUT2D eigenvalue weighted by atomic mass is 10.2. The second-order valence-corrected chi connectivity index (χ2v) is 5.70. The summed E-state index contributed by atoms with van der Waals surface area (Å²) in [6.45, 7) is 1.02. The Hall–Kier alpha value is -0.420. The smallest absolute Gasteiger partial charge is 0.130 e. The minimum Gasteiger partial charge on any atom is -0.369 e. The Balaban J connectivity index is 1.86. The minimum atomic E-state index is 0.762. The Morgan fingerprint density at radius 1 is 1.60 bits per heavy atom. The Bertz CT molecular complexity index is 313. The molecule has 3 nitrogen and oxygen atoms in total. The van der Waals surface area contributed by atoms with Crippen molar-refractivity contribution in [3.05, 3.63) is 12.4 Å². The van der Waals surface area contributed by atoms with Crippen LogP contribution in [-0.2, 0) is 0 Å². The van der Waals surface area contributed by atoms with Gasteiger partial charge < -0.3 is 5.32 Å². The van der Waals surface area contributed by atoms with Gasteiger partial charge in [0.15, 0.2) is 0 Å². The maximum Gasteiger partial charge on any atom is 0.130 e. The van der Waals surface area contributed by atoms with Gasteiger partial charge in [-0.15, -0.1) is 11.8 Å². The fraction of sp³-hybridized carbons (Fsp3) is 0.600. The number of nitrogens with one attached hydrogen (secondary N) is 1. The number of aromatic nitrogens is 2. The highest BCUT2D eigenvalue weighted by Gasteiger charge is 2.14. The second kappa shape index (κ2) is 5.61. The van der Waals surface area contributed by atoms with E-state index in [0.29, 0.717) is 0 Å². The van der Waals surface area contributed by atoms with Crippen molar-refractivity contribution in [2.75, 3.05) is 23.9 Å². The van der Waals surface area contributed by atoms with Crippen LogP contribution >= 0.6 is 23.5 Å². The third-order valence-corrected chi connectivity index (χ3v) is 4.43. The van der Waals surface area contributed by atoms with E-state index < -0.39 is 0 Å². The third kappa shape index (κ3) is 3.28. The van der Waals surface area contributed by atoms with Gasteiger partial charge in [0.25, 0.3) is 0 Å². The van der Waals surface area contributed by atoms with Crippen LogP contribution in [0.15, 0.2) is 17.4 Å². The van der Waals surface area contributed by atoms with Gasteiger partial charge in [0.1, 0.15) is 17.2 Å². The van der Waals surface area contributed by atoms with Gasteiger partial charge in [0, 0.05) is 17.9 Å². The topological polar surface area (TPSA) is 37.8 Å². The van der Waals surface area contributed by atoms with E-state index in [9.17, 15) is 0 Å². The van der Waals surface area contributed by atoms with Gasteiger partial charge in [-0.25, -0.2) is 9.97 Å². The van der Waals surface area contributed by atoms with E-state index in [1.165, 1.54) is 18.6 Å². The standard InChI is InChI=1S/C10H15N3S2/c1-14-10-5-9(12-7-13-10)11-6-8-3-2-4-15-8/h5,7-8H,2-4,6H2,1H3,(H,11,12,13). The van der Waals surface area contributed by atoms with E-state index in [1.807, 2.05) is 12.3 Å². The fourth-order valence-corrected chi connectivity index (χ4v) is 3.15. The van der Waals surface area contributed by atoms with Gasteiger partial charge in [0.05, 0.1) is 0 Å². The summed E-state index contributed by atoms with van der Waals surface area (Å²) in [5, 5.41) is 5.16. The average molecular weight is 241 g/mol. The Labute approximate surface area is 98.9 Å². The van der Waals surface area contributed by atoms with E-state index in [0.717, 1.165) is 22.6 Å². The normalized spacial score (nSPS) is 20.5. The monoisotopic (exact) mass is 241 g/mol. The molecular formula is C10H15N3S2. The molecule has 1 saturated heterocycles. The number of thioether (sulfide) groups is 2. The molecule has 0 radical (unpaired) electrons. The zero-order chi connectivity index (χ0) is 10.5. The van der Waals surface area contributed by atoms with Crippen molar-refractivity contribution in [2.24, 2.45) is 0 Å². The quantitative estimate of drug-likeness (QED) is 0.647. The summed E-state index contributed by atoms with van der Waals surface area (Å²) in [5.41, 5.74) is 0. The number of hydrogen-bond donors (Lipinski definition) is 1. The number of nitrogens with zero attached hydrogens (tertiary/aromatic N) is 2. The van der Waals surface area contributed by atoms with Gasteiger partial charge in [-0.1, -0.05) is 0 Å². The van der Waals surface area contributed by atoms with Crippen LogP contribution in [0.4, 0.5) is 5.82 Å². The molecule has 2 rings (SSSR count). The molecule has 1 N–H and O–H groups in total. The summed E-state index contributed by atoms with van der Waals surface area (Å²) in [7, 11) is 0. The molecule has 1 unspecified atom stereocenters. The first kappa shape index (κ1) is 11.1. The van der Waals surface area contributed by atoms with E-state index in [-0.39, 0.29) is 0 Å².